The van der Waals surface area contributed by atoms with Crippen molar-refractivity contribution in [2.45, 2.75) is 25.8 Å². The van der Waals surface area contributed by atoms with Crippen molar-refractivity contribution >= 4 is 38.9 Å². The smallest absolute Gasteiger partial charge is 0.262 e. The molecule has 12 nitrogen and oxygen atoms in total. The molecule has 1 atom stereocenters. The molecule has 1 unspecified atom stereocenters. The van der Waals surface area contributed by atoms with Crippen LogP contribution in [0.2, 0.25) is 0 Å². The highest BCUT2D eigenvalue weighted by Gasteiger charge is 2.34. The number of amides is 1. The first-order valence-electron chi connectivity index (χ1n) is 12.1. The number of amidine groups is 2. The predicted molar refractivity (Wildman–Crippen MR) is 139 cm³/mol. The van der Waals surface area contributed by atoms with Gasteiger partial charge in [0.1, 0.15) is 17.2 Å². The lowest BCUT2D eigenvalue weighted by molar-refractivity contribution is 0.0978. The molecule has 2 aliphatic heterocycles. The van der Waals surface area contributed by atoms with E-state index in [4.69, 9.17) is 5.41 Å². The molecule has 0 saturated carbocycles. The molecule has 5 heterocycles. The largest absolute Gasteiger partial charge is 0.358 e. The SMILES string of the molecule is Cc1ccc(N=C(CC(=N)N2CCN(C3CCS(=O)(=O)C3)CC2)NC(=O)c2cnn3cccnc23)nc1. The number of hydrogen-bond acceptors (Lipinski definition) is 9. The van der Waals surface area contributed by atoms with Crippen molar-refractivity contribution in [3.8, 4) is 0 Å². The zero-order chi connectivity index (χ0) is 26.0. The van der Waals surface area contributed by atoms with Crippen LogP contribution in [0.15, 0.2) is 48.0 Å². The van der Waals surface area contributed by atoms with Crippen LogP contribution in [0.25, 0.3) is 5.65 Å². The molecule has 0 spiro atoms. The topological polar surface area (TPSA) is 149 Å². The van der Waals surface area contributed by atoms with Crippen LogP contribution in [-0.4, -0.2) is 99.1 Å². The van der Waals surface area contributed by atoms with E-state index in [0.717, 1.165) is 5.56 Å². The third kappa shape index (κ3) is 5.83. The van der Waals surface area contributed by atoms with Crippen molar-refractivity contribution < 1.29 is 13.2 Å². The Balaban J connectivity index is 1.28. The fraction of sp³-hybridized carbons (Fsp3) is 0.417. The monoisotopic (exact) mass is 523 g/mol. The number of pyridine rings is 1. The quantitative estimate of drug-likeness (QED) is 0.373. The first-order chi connectivity index (χ1) is 17.8. The van der Waals surface area contributed by atoms with Gasteiger partial charge in [0.25, 0.3) is 5.91 Å². The summed E-state index contributed by atoms with van der Waals surface area (Å²) in [6, 6.07) is 5.43. The molecular weight excluding hydrogens is 494 g/mol. The summed E-state index contributed by atoms with van der Waals surface area (Å²) < 4.78 is 25.2. The third-order valence-electron chi connectivity index (χ3n) is 6.68. The van der Waals surface area contributed by atoms with Crippen LogP contribution in [0.1, 0.15) is 28.8 Å². The highest BCUT2D eigenvalue weighted by Crippen LogP contribution is 2.20. The Morgan fingerprint density at radius 2 is 2.00 bits per heavy atom. The van der Waals surface area contributed by atoms with Gasteiger partial charge in [0.15, 0.2) is 21.3 Å². The van der Waals surface area contributed by atoms with Crippen molar-refractivity contribution in [1.29, 1.82) is 5.41 Å². The lowest BCUT2D eigenvalue weighted by atomic mass is 10.2. The van der Waals surface area contributed by atoms with Crippen molar-refractivity contribution in [2.75, 3.05) is 37.7 Å². The maximum Gasteiger partial charge on any atom is 0.262 e. The molecule has 2 saturated heterocycles. The van der Waals surface area contributed by atoms with Crippen LogP contribution in [0.3, 0.4) is 0 Å². The molecule has 3 aromatic heterocycles. The summed E-state index contributed by atoms with van der Waals surface area (Å²) in [6.45, 7) is 4.52. The average Bonchev–Trinajstić information content (AvgIpc) is 3.48. The second-order valence-corrected chi connectivity index (χ2v) is 11.6. The number of aryl methyl sites for hydroxylation is 1. The number of fused-ring (bicyclic) bond motifs is 1. The van der Waals surface area contributed by atoms with Gasteiger partial charge in [-0.25, -0.2) is 27.9 Å². The number of piperazine rings is 1. The average molecular weight is 524 g/mol. The summed E-state index contributed by atoms with van der Waals surface area (Å²) in [5.74, 6) is 1.10. The third-order valence-corrected chi connectivity index (χ3v) is 8.43. The molecule has 2 aliphatic rings. The molecule has 1 amide bonds. The number of sulfone groups is 1. The van der Waals surface area contributed by atoms with Gasteiger partial charge in [-0.15, -0.1) is 0 Å². The molecule has 0 radical (unpaired) electrons. The molecule has 37 heavy (non-hydrogen) atoms. The van der Waals surface area contributed by atoms with E-state index >= 15 is 0 Å². The van der Waals surface area contributed by atoms with E-state index in [-0.39, 0.29) is 24.0 Å². The second-order valence-electron chi connectivity index (χ2n) is 9.36. The zero-order valence-electron chi connectivity index (χ0n) is 20.5. The summed E-state index contributed by atoms with van der Waals surface area (Å²) in [4.78, 5) is 30.4. The Bertz CT molecular complexity index is 1440. The van der Waals surface area contributed by atoms with E-state index in [9.17, 15) is 13.2 Å². The van der Waals surface area contributed by atoms with Gasteiger partial charge in [-0.2, -0.15) is 5.10 Å². The van der Waals surface area contributed by atoms with Crippen LogP contribution in [0.5, 0.6) is 0 Å². The van der Waals surface area contributed by atoms with Crippen LogP contribution >= 0.6 is 0 Å². The maximum absolute atomic E-state index is 13.1. The molecule has 0 aliphatic carbocycles. The van der Waals surface area contributed by atoms with Crippen molar-refractivity contribution in [2.24, 2.45) is 4.99 Å². The first kappa shape index (κ1) is 25.0. The lowest BCUT2D eigenvalue weighted by Gasteiger charge is -2.38. The summed E-state index contributed by atoms with van der Waals surface area (Å²) in [7, 11) is -2.94. The number of carbonyl (C=O) groups excluding carboxylic acids is 1. The van der Waals surface area contributed by atoms with Gasteiger partial charge in [0, 0.05) is 50.8 Å². The van der Waals surface area contributed by atoms with E-state index in [2.05, 4.69) is 30.3 Å². The fourth-order valence-electron chi connectivity index (χ4n) is 4.65. The minimum Gasteiger partial charge on any atom is -0.358 e. The zero-order valence-corrected chi connectivity index (χ0v) is 21.4. The molecule has 5 rings (SSSR count). The van der Waals surface area contributed by atoms with Crippen LogP contribution in [0, 0.1) is 12.3 Å². The van der Waals surface area contributed by atoms with Gasteiger partial charge >= 0.3 is 0 Å². The Morgan fingerprint density at radius 3 is 2.70 bits per heavy atom. The number of nitrogens with one attached hydrogen (secondary N) is 2. The molecular formula is C24H29N9O3S. The van der Waals surface area contributed by atoms with Crippen LogP contribution in [-0.2, 0) is 9.84 Å². The summed E-state index contributed by atoms with van der Waals surface area (Å²) in [6.07, 6.45) is 7.22. The Hall–Kier alpha value is -3.71. The first-order valence-corrected chi connectivity index (χ1v) is 14.0. The van der Waals surface area contributed by atoms with Gasteiger partial charge in [0.2, 0.25) is 0 Å². The van der Waals surface area contributed by atoms with E-state index in [1.54, 1.807) is 30.7 Å². The Morgan fingerprint density at radius 1 is 1.19 bits per heavy atom. The summed E-state index contributed by atoms with van der Waals surface area (Å²) in [5.41, 5.74) is 1.72. The normalized spacial score (nSPS) is 20.3. The van der Waals surface area contributed by atoms with Crippen LogP contribution < -0.4 is 5.32 Å². The molecule has 2 fully saturated rings. The predicted octanol–water partition coefficient (Wildman–Crippen LogP) is 1.06. The molecule has 194 valence electrons. The molecule has 13 heteroatoms. The van der Waals surface area contributed by atoms with E-state index in [1.165, 1.54) is 10.7 Å². The maximum atomic E-state index is 13.1. The highest BCUT2D eigenvalue weighted by molar-refractivity contribution is 7.91. The fourth-order valence-corrected chi connectivity index (χ4v) is 6.41. The van der Waals surface area contributed by atoms with Crippen molar-refractivity contribution in [1.82, 2.24) is 34.7 Å². The van der Waals surface area contributed by atoms with E-state index < -0.39 is 15.7 Å². The molecule has 3 aromatic rings. The standard InChI is InChI=1S/C24H29N9O3S/c1-17-3-4-21(27-14-17)29-22(30-24(34)19-15-28-33-7-2-6-26-23(19)33)13-20(25)32-10-8-31(9-11-32)18-5-12-37(35,36)16-18/h2-4,6-7,14-15,18,25H,5,8-13,16H2,1H3,(H,27,29,30,34). The minimum atomic E-state index is -2.94. The van der Waals surface area contributed by atoms with E-state index in [1.807, 2.05) is 17.9 Å². The van der Waals surface area contributed by atoms with Gasteiger partial charge in [-0.3, -0.25) is 15.1 Å². The van der Waals surface area contributed by atoms with Crippen molar-refractivity contribution in [3.63, 3.8) is 0 Å². The molecule has 0 aromatic carbocycles. The number of aliphatic imine (C=N–C) groups is 1. The van der Waals surface area contributed by atoms with Crippen LogP contribution in [0.4, 0.5) is 5.82 Å². The summed E-state index contributed by atoms with van der Waals surface area (Å²) >= 11 is 0. The highest BCUT2D eigenvalue weighted by atomic mass is 32.2. The minimum absolute atomic E-state index is 0.0600. The van der Waals surface area contributed by atoms with Gasteiger partial charge in [-0.05, 0) is 31.0 Å². The number of carbonyl (C=O) groups is 1. The summed E-state index contributed by atoms with van der Waals surface area (Å²) in [5, 5.41) is 15.7. The lowest BCUT2D eigenvalue weighted by Crippen LogP contribution is -2.52. The molecule has 0 bridgehead atoms. The van der Waals surface area contributed by atoms with Gasteiger partial charge < -0.3 is 10.2 Å². The van der Waals surface area contributed by atoms with Gasteiger partial charge in [-0.1, -0.05) is 6.07 Å². The van der Waals surface area contributed by atoms with Crippen molar-refractivity contribution in [3.05, 3.63) is 54.1 Å². The van der Waals surface area contributed by atoms with E-state index in [0.29, 0.717) is 61.3 Å². The number of rotatable bonds is 5. The number of nitrogens with zero attached hydrogens (tertiary/aromatic N) is 7. The molecule has 2 N–H and O–H groups in total. The number of hydrogen-bond donors (Lipinski definition) is 2. The second kappa shape index (κ2) is 10.3. The Kier molecular flexibility index (Phi) is 6.98. The Labute approximate surface area is 214 Å². The number of aromatic nitrogens is 4. The van der Waals surface area contributed by atoms with Gasteiger partial charge in [0.05, 0.1) is 24.1 Å².